The van der Waals surface area contributed by atoms with Crippen LogP contribution in [0.3, 0.4) is 0 Å². The van der Waals surface area contributed by atoms with Crippen LogP contribution in [0.25, 0.3) is 22.2 Å². The highest BCUT2D eigenvalue weighted by Gasteiger charge is 2.46. The number of nitro groups is 1. The Bertz CT molecular complexity index is 1150. The molecule has 0 amide bonds. The minimum absolute atomic E-state index is 0.0310. The van der Waals surface area contributed by atoms with Crippen molar-refractivity contribution in [2.24, 2.45) is 0 Å². The van der Waals surface area contributed by atoms with Crippen LogP contribution in [0.2, 0.25) is 5.28 Å². The predicted molar refractivity (Wildman–Crippen MR) is 87.6 cm³/mol. The van der Waals surface area contributed by atoms with Crippen molar-refractivity contribution < 1.29 is 36.8 Å². The van der Waals surface area contributed by atoms with Gasteiger partial charge in [0.05, 0.1) is 16.0 Å². The van der Waals surface area contributed by atoms with Gasteiger partial charge in [-0.2, -0.15) is 13.2 Å². The summed E-state index contributed by atoms with van der Waals surface area (Å²) in [5, 5.41) is 21.9. The number of hydrogen-bond acceptors (Lipinski definition) is 5. The van der Waals surface area contributed by atoms with Gasteiger partial charge in [0.2, 0.25) is 5.28 Å². The van der Waals surface area contributed by atoms with Gasteiger partial charge in [-0.25, -0.2) is 13.8 Å². The number of aromatic nitrogens is 2. The first-order valence-corrected chi connectivity index (χ1v) is 7.88. The Morgan fingerprint density at radius 3 is 2.24 bits per heavy atom. The van der Waals surface area contributed by atoms with Crippen LogP contribution < -0.4 is 5.11 Å². The first-order valence-electron chi connectivity index (χ1n) is 7.51. The van der Waals surface area contributed by atoms with E-state index in [0.29, 0.717) is 0 Å². The van der Waals surface area contributed by atoms with Crippen LogP contribution >= 0.6 is 11.6 Å². The van der Waals surface area contributed by atoms with E-state index in [-0.39, 0.29) is 10.1 Å². The Hall–Kier alpha value is -3.28. The van der Waals surface area contributed by atoms with Gasteiger partial charge in [0.25, 0.3) is 6.43 Å². The Balaban J connectivity index is 2.77. The van der Waals surface area contributed by atoms with Crippen molar-refractivity contribution >= 4 is 34.4 Å². The lowest BCUT2D eigenvalue weighted by atomic mass is 9.91. The number of alkyl halides is 5. The number of halogens is 6. The van der Waals surface area contributed by atoms with Crippen molar-refractivity contribution in [3.63, 3.8) is 0 Å². The minimum atomic E-state index is -5.51. The molecule has 3 rings (SSSR count). The zero-order valence-electron chi connectivity index (χ0n) is 13.7. The molecule has 0 N–H and O–H groups in total. The largest absolute Gasteiger partial charge is 0.529 e. The molecule has 0 aliphatic carbocycles. The molecule has 2 aromatic carbocycles. The third-order valence-corrected chi connectivity index (χ3v) is 4.25. The average molecular weight is 435 g/mol. The predicted octanol–water partition coefficient (Wildman–Crippen LogP) is 4.41. The SMILES string of the molecule is O=C([O-])n1c(Cl)nc2c([N+](=O)[O-])c(C(F)F)c(C(F)(F)F)c(-c3ccccc3)c21. The molecule has 0 saturated carbocycles. The van der Waals surface area contributed by atoms with Crippen LogP contribution in [0, 0.1) is 10.1 Å². The number of carbonyl (C=O) groups is 1. The summed E-state index contributed by atoms with van der Waals surface area (Å²) >= 11 is 5.64. The van der Waals surface area contributed by atoms with Crippen molar-refractivity contribution in [1.29, 1.82) is 0 Å². The first kappa shape index (κ1) is 20.5. The van der Waals surface area contributed by atoms with Gasteiger partial charge in [0, 0.05) is 5.56 Å². The number of fused-ring (bicyclic) bond motifs is 1. The number of nitrogens with zero attached hydrogens (tertiary/aromatic N) is 3. The van der Waals surface area contributed by atoms with Gasteiger partial charge in [0.1, 0.15) is 11.7 Å². The number of carbonyl (C=O) groups excluding carboxylic acids is 1. The summed E-state index contributed by atoms with van der Waals surface area (Å²) in [7, 11) is 0. The van der Waals surface area contributed by atoms with Gasteiger partial charge in [-0.1, -0.05) is 30.3 Å². The Labute approximate surface area is 162 Å². The van der Waals surface area contributed by atoms with E-state index in [1.165, 1.54) is 18.2 Å². The summed E-state index contributed by atoms with van der Waals surface area (Å²) in [4.78, 5) is 24.8. The van der Waals surface area contributed by atoms with E-state index >= 15 is 0 Å². The van der Waals surface area contributed by atoms with Gasteiger partial charge in [-0.05, 0) is 17.2 Å². The highest BCUT2D eigenvalue weighted by atomic mass is 35.5. The Morgan fingerprint density at radius 2 is 1.79 bits per heavy atom. The molecular weight excluding hydrogens is 429 g/mol. The highest BCUT2D eigenvalue weighted by Crippen LogP contribution is 2.51. The summed E-state index contributed by atoms with van der Waals surface area (Å²) in [6.07, 6.45) is -11.6. The molecule has 152 valence electrons. The maximum atomic E-state index is 13.9. The monoisotopic (exact) mass is 434 g/mol. The number of carboxylic acid groups (broad SMARTS) is 1. The van der Waals surface area contributed by atoms with Crippen LogP contribution in [-0.4, -0.2) is 20.6 Å². The molecule has 0 spiro atoms. The molecule has 0 saturated heterocycles. The van der Waals surface area contributed by atoms with E-state index in [1.54, 1.807) is 0 Å². The van der Waals surface area contributed by atoms with E-state index in [4.69, 9.17) is 11.6 Å². The number of hydrogen-bond donors (Lipinski definition) is 0. The third kappa shape index (κ3) is 3.24. The van der Waals surface area contributed by atoms with Crippen molar-refractivity contribution in [1.82, 2.24) is 9.55 Å². The fourth-order valence-corrected chi connectivity index (χ4v) is 3.27. The van der Waals surface area contributed by atoms with Crippen LogP contribution in [0.15, 0.2) is 30.3 Å². The van der Waals surface area contributed by atoms with Gasteiger partial charge >= 0.3 is 11.9 Å². The van der Waals surface area contributed by atoms with Crippen molar-refractivity contribution in [3.8, 4) is 11.1 Å². The van der Waals surface area contributed by atoms with E-state index in [9.17, 15) is 42.0 Å². The van der Waals surface area contributed by atoms with Crippen LogP contribution in [0.1, 0.15) is 17.6 Å². The van der Waals surface area contributed by atoms with Crippen LogP contribution in [0.5, 0.6) is 0 Å². The van der Waals surface area contributed by atoms with Gasteiger partial charge in [-0.15, -0.1) is 0 Å². The number of rotatable bonds is 3. The van der Waals surface area contributed by atoms with Gasteiger partial charge in [0.15, 0.2) is 5.52 Å². The normalized spacial score (nSPS) is 12.0. The van der Waals surface area contributed by atoms with E-state index in [2.05, 4.69) is 4.98 Å². The Kier molecular flexibility index (Phi) is 4.91. The second kappa shape index (κ2) is 6.95. The smallest absolute Gasteiger partial charge is 0.417 e. The molecule has 1 heterocycles. The zero-order chi connectivity index (χ0) is 21.7. The van der Waals surface area contributed by atoms with E-state index in [0.717, 1.165) is 12.1 Å². The Morgan fingerprint density at radius 1 is 1.21 bits per heavy atom. The summed E-state index contributed by atoms with van der Waals surface area (Å²) in [6, 6.07) is 6.13. The quantitative estimate of drug-likeness (QED) is 0.345. The average Bonchev–Trinajstić information content (AvgIpc) is 2.95. The number of imidazole rings is 1. The molecule has 0 aliphatic heterocycles. The standard InChI is InChI=1S/C16H7ClF5N3O4/c17-14-23-10-11(24(14)15(26)27)7(6-4-2-1-3-5-6)9(16(20,21)22)8(13(18)19)12(10)25(28)29/h1-5,13H,(H,26,27)/p-1. The molecule has 0 radical (unpaired) electrons. The van der Waals surface area contributed by atoms with Gasteiger partial charge < -0.3 is 9.90 Å². The summed E-state index contributed by atoms with van der Waals surface area (Å²) < 4.78 is 69.0. The lowest BCUT2D eigenvalue weighted by Crippen LogP contribution is -2.29. The van der Waals surface area contributed by atoms with Crippen LogP contribution in [0.4, 0.5) is 32.4 Å². The fraction of sp³-hybridized carbons (Fsp3) is 0.125. The first-order chi connectivity index (χ1) is 13.5. The number of nitro benzene ring substituents is 1. The number of benzene rings is 2. The zero-order valence-corrected chi connectivity index (χ0v) is 14.5. The fourth-order valence-electron chi connectivity index (χ4n) is 3.03. The van der Waals surface area contributed by atoms with Crippen molar-refractivity contribution in [2.75, 3.05) is 0 Å². The molecule has 7 nitrogen and oxygen atoms in total. The third-order valence-electron chi connectivity index (χ3n) is 4.00. The maximum absolute atomic E-state index is 13.9. The summed E-state index contributed by atoms with van der Waals surface area (Å²) in [6.45, 7) is 0. The molecule has 0 atom stereocenters. The topological polar surface area (TPSA) is 101 Å². The molecule has 0 unspecified atom stereocenters. The van der Waals surface area contributed by atoms with E-state index < -0.39 is 62.3 Å². The molecule has 0 fully saturated rings. The molecule has 1 aromatic heterocycles. The maximum Gasteiger partial charge on any atom is 0.417 e. The molecule has 13 heteroatoms. The van der Waals surface area contributed by atoms with Crippen molar-refractivity contribution in [3.05, 3.63) is 56.9 Å². The minimum Gasteiger partial charge on any atom is -0.529 e. The molecule has 0 bridgehead atoms. The van der Waals surface area contributed by atoms with Gasteiger partial charge in [-0.3, -0.25) is 14.7 Å². The molecule has 3 aromatic rings. The molecule has 29 heavy (non-hydrogen) atoms. The summed E-state index contributed by atoms with van der Waals surface area (Å²) in [5.74, 6) is 0. The second-order valence-electron chi connectivity index (χ2n) is 5.61. The van der Waals surface area contributed by atoms with Crippen LogP contribution in [-0.2, 0) is 6.18 Å². The summed E-state index contributed by atoms with van der Waals surface area (Å²) in [5.41, 5.74) is -9.08. The highest BCUT2D eigenvalue weighted by molar-refractivity contribution is 6.31. The lowest BCUT2D eigenvalue weighted by molar-refractivity contribution is -0.384. The molecule has 0 aliphatic rings. The van der Waals surface area contributed by atoms with E-state index in [1.807, 2.05) is 0 Å². The molecular formula is C16H6ClF5N3O4-. The second-order valence-corrected chi connectivity index (χ2v) is 5.95. The lowest BCUT2D eigenvalue weighted by Gasteiger charge is -2.20. The van der Waals surface area contributed by atoms with Crippen molar-refractivity contribution in [2.45, 2.75) is 12.6 Å².